The lowest BCUT2D eigenvalue weighted by Crippen LogP contribution is -2.26. The van der Waals surface area contributed by atoms with Crippen LogP contribution in [0.5, 0.6) is 5.75 Å². The monoisotopic (exact) mass is 475 g/mol. The number of hydrogen-bond donors (Lipinski definition) is 1. The Balaban J connectivity index is 2.07. The molecule has 0 bridgehead atoms. The number of thiocarbonyl (C=S) groups is 1. The Labute approximate surface area is 186 Å². The number of carbonyl (C=O) groups is 1. The lowest BCUT2D eigenvalue weighted by Gasteiger charge is -2.23. The second-order valence-corrected chi connectivity index (χ2v) is 8.51. The SMILES string of the molecule is CCOC(=O)C[C@H]1S[C@H](c2ccccc2OC(F)(F)F)c2cc(Cl)ccc2NC1=S. The standard InChI is InChI=1S/C20H17ClF3NO3S2/c1-2-27-17(26)10-16-19(29)25-14-8-7-11(21)9-13(14)18(30-16)12-5-3-4-6-15(12)28-20(22,23)24/h3-9,16,18H,2,10H2,1H3,(H,25,29)/t16-,18-/m1/s1. The maximum Gasteiger partial charge on any atom is 0.573 e. The summed E-state index contributed by atoms with van der Waals surface area (Å²) in [5.74, 6) is -0.766. The van der Waals surface area contributed by atoms with Gasteiger partial charge in [-0.3, -0.25) is 4.79 Å². The second-order valence-electron chi connectivity index (χ2n) is 6.32. The van der Waals surface area contributed by atoms with Gasteiger partial charge in [0.15, 0.2) is 0 Å². The third-order valence-electron chi connectivity index (χ3n) is 4.23. The second kappa shape index (κ2) is 9.45. The highest BCUT2D eigenvalue weighted by Gasteiger charge is 2.36. The van der Waals surface area contributed by atoms with Crippen molar-refractivity contribution >= 4 is 52.2 Å². The van der Waals surface area contributed by atoms with Crippen LogP contribution in [0, 0.1) is 0 Å². The number of esters is 1. The van der Waals surface area contributed by atoms with E-state index < -0.39 is 22.8 Å². The zero-order valence-electron chi connectivity index (χ0n) is 15.7. The molecule has 30 heavy (non-hydrogen) atoms. The zero-order chi connectivity index (χ0) is 21.9. The minimum Gasteiger partial charge on any atom is -0.466 e. The molecule has 0 radical (unpaired) electrons. The van der Waals surface area contributed by atoms with Crippen LogP contribution in [-0.2, 0) is 9.53 Å². The van der Waals surface area contributed by atoms with Crippen molar-refractivity contribution in [2.45, 2.75) is 30.2 Å². The van der Waals surface area contributed by atoms with Crippen LogP contribution in [0.3, 0.4) is 0 Å². The Morgan fingerprint density at radius 3 is 2.67 bits per heavy atom. The van der Waals surface area contributed by atoms with E-state index in [0.717, 1.165) is 0 Å². The van der Waals surface area contributed by atoms with Crippen LogP contribution in [0.4, 0.5) is 18.9 Å². The minimum atomic E-state index is -4.85. The normalized spacial score (nSPS) is 18.8. The number of fused-ring (bicyclic) bond motifs is 1. The molecule has 0 fully saturated rings. The van der Waals surface area contributed by atoms with Crippen molar-refractivity contribution in [2.75, 3.05) is 11.9 Å². The van der Waals surface area contributed by atoms with Gasteiger partial charge < -0.3 is 14.8 Å². The molecule has 1 heterocycles. The predicted molar refractivity (Wildman–Crippen MR) is 115 cm³/mol. The lowest BCUT2D eigenvalue weighted by molar-refractivity contribution is -0.274. The summed E-state index contributed by atoms with van der Waals surface area (Å²) in [6.45, 7) is 1.91. The van der Waals surface area contributed by atoms with Crippen molar-refractivity contribution in [3.8, 4) is 5.75 Å². The van der Waals surface area contributed by atoms with Crippen molar-refractivity contribution in [3.63, 3.8) is 0 Å². The molecule has 1 aliphatic heterocycles. The van der Waals surface area contributed by atoms with E-state index in [-0.39, 0.29) is 18.8 Å². The van der Waals surface area contributed by atoms with Crippen molar-refractivity contribution in [2.24, 2.45) is 0 Å². The molecule has 2 atom stereocenters. The average Bonchev–Trinajstić information content (AvgIpc) is 2.78. The van der Waals surface area contributed by atoms with E-state index in [4.69, 9.17) is 28.6 Å². The lowest BCUT2D eigenvalue weighted by atomic mass is 10.0. The van der Waals surface area contributed by atoms with E-state index in [1.165, 1.54) is 23.9 Å². The van der Waals surface area contributed by atoms with Gasteiger partial charge in [-0.05, 0) is 36.8 Å². The summed E-state index contributed by atoms with van der Waals surface area (Å²) in [5.41, 5.74) is 1.54. The molecule has 1 N–H and O–H groups in total. The summed E-state index contributed by atoms with van der Waals surface area (Å²) in [4.78, 5) is 12.5. The molecule has 3 rings (SSSR count). The summed E-state index contributed by atoms with van der Waals surface area (Å²) in [6.07, 6.45) is -4.87. The van der Waals surface area contributed by atoms with Gasteiger partial charge in [0.25, 0.3) is 0 Å². The third-order valence-corrected chi connectivity index (χ3v) is 6.51. The van der Waals surface area contributed by atoms with Gasteiger partial charge >= 0.3 is 12.3 Å². The first-order valence-corrected chi connectivity index (χ1v) is 10.7. The predicted octanol–water partition coefficient (Wildman–Crippen LogP) is 6.14. The fourth-order valence-electron chi connectivity index (χ4n) is 3.04. The number of hydrogen-bond acceptors (Lipinski definition) is 5. The van der Waals surface area contributed by atoms with Crippen LogP contribution in [0.2, 0.25) is 5.02 Å². The summed E-state index contributed by atoms with van der Waals surface area (Å²) in [6, 6.07) is 10.9. The molecule has 1 aliphatic rings. The number of ether oxygens (including phenoxy) is 2. The van der Waals surface area contributed by atoms with E-state index in [1.54, 1.807) is 37.3 Å². The number of halogens is 4. The van der Waals surface area contributed by atoms with Crippen LogP contribution in [0.1, 0.15) is 29.7 Å². The highest BCUT2D eigenvalue weighted by Crippen LogP contribution is 2.49. The molecule has 2 aromatic rings. The highest BCUT2D eigenvalue weighted by molar-refractivity contribution is 8.02. The van der Waals surface area contributed by atoms with Crippen molar-refractivity contribution < 1.29 is 27.4 Å². The molecule has 0 saturated heterocycles. The Bertz CT molecular complexity index is 955. The molecule has 4 nitrogen and oxygen atoms in total. The summed E-state index contributed by atoms with van der Waals surface area (Å²) in [5, 5.41) is 2.38. The molecule has 160 valence electrons. The smallest absolute Gasteiger partial charge is 0.466 e. The maximum absolute atomic E-state index is 13.0. The van der Waals surface area contributed by atoms with Crippen LogP contribution in [0.15, 0.2) is 42.5 Å². The molecule has 0 aromatic heterocycles. The number of carbonyl (C=O) groups excluding carboxylic acids is 1. The molecular formula is C20H17ClF3NO3S2. The maximum atomic E-state index is 13.0. The van der Waals surface area contributed by atoms with Crippen molar-refractivity contribution in [1.82, 2.24) is 0 Å². The quantitative estimate of drug-likeness (QED) is 0.414. The van der Waals surface area contributed by atoms with Gasteiger partial charge in [0.1, 0.15) is 5.75 Å². The third kappa shape index (κ3) is 5.59. The molecule has 10 heteroatoms. The van der Waals surface area contributed by atoms with Gasteiger partial charge in [0.2, 0.25) is 0 Å². The van der Waals surface area contributed by atoms with E-state index in [9.17, 15) is 18.0 Å². The summed E-state index contributed by atoms with van der Waals surface area (Å²) < 4.78 is 48.2. The first kappa shape index (κ1) is 22.7. The van der Waals surface area contributed by atoms with Gasteiger partial charge in [0, 0.05) is 16.3 Å². The van der Waals surface area contributed by atoms with E-state index in [0.29, 0.717) is 26.8 Å². The van der Waals surface area contributed by atoms with Crippen LogP contribution >= 0.6 is 35.6 Å². The Hall–Kier alpha value is -1.97. The number of nitrogens with one attached hydrogen (secondary N) is 1. The van der Waals surface area contributed by atoms with Crippen molar-refractivity contribution in [1.29, 1.82) is 0 Å². The first-order valence-electron chi connectivity index (χ1n) is 8.94. The van der Waals surface area contributed by atoms with Gasteiger partial charge in [0.05, 0.1) is 28.5 Å². The summed E-state index contributed by atoms with van der Waals surface area (Å²) in [7, 11) is 0. The molecule has 0 saturated carbocycles. The van der Waals surface area contributed by atoms with E-state index in [2.05, 4.69) is 10.1 Å². The Morgan fingerprint density at radius 2 is 1.97 bits per heavy atom. The molecule has 0 unspecified atom stereocenters. The zero-order valence-corrected chi connectivity index (χ0v) is 18.1. The number of alkyl halides is 3. The van der Waals surface area contributed by atoms with Gasteiger partial charge in [-0.15, -0.1) is 24.9 Å². The molecular weight excluding hydrogens is 459 g/mol. The van der Waals surface area contributed by atoms with Gasteiger partial charge in [-0.25, -0.2) is 0 Å². The van der Waals surface area contributed by atoms with Crippen LogP contribution in [0.25, 0.3) is 0 Å². The molecule has 0 aliphatic carbocycles. The Morgan fingerprint density at radius 1 is 1.23 bits per heavy atom. The average molecular weight is 476 g/mol. The first-order chi connectivity index (χ1) is 14.2. The van der Waals surface area contributed by atoms with Crippen LogP contribution < -0.4 is 10.1 Å². The summed E-state index contributed by atoms with van der Waals surface area (Å²) >= 11 is 12.9. The largest absolute Gasteiger partial charge is 0.573 e. The molecule has 2 aromatic carbocycles. The van der Waals surface area contributed by atoms with E-state index >= 15 is 0 Å². The fourth-order valence-corrected chi connectivity index (χ4v) is 5.01. The van der Waals surface area contributed by atoms with Crippen molar-refractivity contribution in [3.05, 3.63) is 58.6 Å². The van der Waals surface area contributed by atoms with E-state index in [1.807, 2.05) is 0 Å². The Kier molecular flexibility index (Phi) is 7.15. The molecule has 0 spiro atoms. The number of para-hydroxylation sites is 1. The minimum absolute atomic E-state index is 0.0230. The van der Waals surface area contributed by atoms with Gasteiger partial charge in [-0.1, -0.05) is 42.0 Å². The van der Waals surface area contributed by atoms with Gasteiger partial charge in [-0.2, -0.15) is 0 Å². The fraction of sp³-hybridized carbons (Fsp3) is 0.300. The topological polar surface area (TPSA) is 47.6 Å². The number of rotatable bonds is 5. The van der Waals surface area contributed by atoms with Crippen LogP contribution in [-0.4, -0.2) is 29.2 Å². The molecule has 0 amide bonds. The highest BCUT2D eigenvalue weighted by atomic mass is 35.5. The number of thioether (sulfide) groups is 1. The number of benzene rings is 2. The number of anilines is 1.